The minimum Gasteiger partial charge on any atom is -0.408 e. The molecular weight excluding hydrogens is 478 g/mol. The van der Waals surface area contributed by atoms with Gasteiger partial charge in [-0.15, -0.1) is 0 Å². The SMILES string of the molecule is CSCCC(NC(=O)c1cc(-c2ccc3ccccc3c2)n[nH]1)C(=O)Nc1ccc2oc(=O)[nH]c2c1. The van der Waals surface area contributed by atoms with Gasteiger partial charge in [-0.2, -0.15) is 16.9 Å². The molecule has 9 nitrogen and oxygen atoms in total. The average molecular weight is 502 g/mol. The number of amides is 2. The number of anilines is 1. The van der Waals surface area contributed by atoms with E-state index in [0.717, 1.165) is 16.3 Å². The molecule has 0 radical (unpaired) electrons. The second-order valence-corrected chi connectivity index (χ2v) is 9.24. The van der Waals surface area contributed by atoms with Crippen molar-refractivity contribution in [3.05, 3.63) is 83.0 Å². The van der Waals surface area contributed by atoms with Gasteiger partial charge >= 0.3 is 5.76 Å². The van der Waals surface area contributed by atoms with E-state index < -0.39 is 17.7 Å². The molecule has 4 N–H and O–H groups in total. The van der Waals surface area contributed by atoms with Crippen LogP contribution in [0.2, 0.25) is 0 Å². The Morgan fingerprint density at radius 1 is 1.06 bits per heavy atom. The summed E-state index contributed by atoms with van der Waals surface area (Å²) in [6.45, 7) is 0. The number of oxazole rings is 1. The van der Waals surface area contributed by atoms with Crippen molar-refractivity contribution in [2.45, 2.75) is 12.5 Å². The molecule has 0 saturated carbocycles. The lowest BCUT2D eigenvalue weighted by Crippen LogP contribution is -2.44. The van der Waals surface area contributed by atoms with E-state index >= 15 is 0 Å². The molecule has 2 heterocycles. The molecule has 0 saturated heterocycles. The van der Waals surface area contributed by atoms with Crippen LogP contribution in [-0.2, 0) is 4.79 Å². The molecule has 5 aromatic rings. The van der Waals surface area contributed by atoms with E-state index in [1.54, 1.807) is 36.0 Å². The second kappa shape index (κ2) is 10.1. The summed E-state index contributed by atoms with van der Waals surface area (Å²) in [4.78, 5) is 40.0. The van der Waals surface area contributed by atoms with Crippen LogP contribution in [0.1, 0.15) is 16.9 Å². The number of fused-ring (bicyclic) bond motifs is 2. The van der Waals surface area contributed by atoms with Crippen LogP contribution in [0, 0.1) is 0 Å². The summed E-state index contributed by atoms with van der Waals surface area (Å²) in [6.07, 6.45) is 2.37. The van der Waals surface area contributed by atoms with Crippen molar-refractivity contribution < 1.29 is 14.0 Å². The smallest absolute Gasteiger partial charge is 0.408 e. The van der Waals surface area contributed by atoms with E-state index in [2.05, 4.69) is 25.8 Å². The van der Waals surface area contributed by atoms with Gasteiger partial charge in [-0.05, 0) is 59.5 Å². The highest BCUT2D eigenvalue weighted by atomic mass is 32.2. The van der Waals surface area contributed by atoms with Crippen LogP contribution in [0.5, 0.6) is 0 Å². The largest absolute Gasteiger partial charge is 0.417 e. The van der Waals surface area contributed by atoms with Gasteiger partial charge in [-0.1, -0.05) is 36.4 Å². The predicted octanol–water partition coefficient (Wildman–Crippen LogP) is 4.15. The van der Waals surface area contributed by atoms with Crippen molar-refractivity contribution in [2.24, 2.45) is 0 Å². The molecule has 0 spiro atoms. The number of hydrogen-bond acceptors (Lipinski definition) is 6. The number of aromatic nitrogens is 3. The van der Waals surface area contributed by atoms with Gasteiger partial charge in [-0.3, -0.25) is 19.7 Å². The Hall–Kier alpha value is -4.31. The molecule has 36 heavy (non-hydrogen) atoms. The Bertz CT molecular complexity index is 1620. The first-order valence-electron chi connectivity index (χ1n) is 11.3. The summed E-state index contributed by atoms with van der Waals surface area (Å²) in [7, 11) is 0. The number of nitrogens with one attached hydrogen (secondary N) is 4. The van der Waals surface area contributed by atoms with Crippen molar-refractivity contribution in [2.75, 3.05) is 17.3 Å². The minimum absolute atomic E-state index is 0.262. The molecule has 1 unspecified atom stereocenters. The van der Waals surface area contributed by atoms with Gasteiger partial charge in [0, 0.05) is 11.3 Å². The van der Waals surface area contributed by atoms with Gasteiger partial charge < -0.3 is 15.1 Å². The molecule has 5 rings (SSSR count). The molecule has 10 heteroatoms. The Balaban J connectivity index is 1.31. The van der Waals surface area contributed by atoms with E-state index in [0.29, 0.717) is 34.7 Å². The zero-order valence-electron chi connectivity index (χ0n) is 19.3. The van der Waals surface area contributed by atoms with E-state index in [9.17, 15) is 14.4 Å². The summed E-state index contributed by atoms with van der Waals surface area (Å²) in [6, 6.07) is 19.8. The third-order valence-corrected chi connectivity index (χ3v) is 6.43. The van der Waals surface area contributed by atoms with Crippen LogP contribution in [0.25, 0.3) is 33.1 Å². The fourth-order valence-electron chi connectivity index (χ4n) is 3.93. The van der Waals surface area contributed by atoms with Crippen molar-refractivity contribution in [1.29, 1.82) is 0 Å². The normalized spacial score (nSPS) is 12.0. The molecule has 0 aliphatic carbocycles. The first kappa shape index (κ1) is 23.4. The number of nitrogens with zero attached hydrogens (tertiary/aromatic N) is 1. The molecule has 0 aliphatic heterocycles. The zero-order valence-corrected chi connectivity index (χ0v) is 20.1. The van der Waals surface area contributed by atoms with Crippen LogP contribution in [0.3, 0.4) is 0 Å². The van der Waals surface area contributed by atoms with Gasteiger partial charge in [0.2, 0.25) is 5.91 Å². The second-order valence-electron chi connectivity index (χ2n) is 8.25. The Labute approximate surface area is 209 Å². The van der Waals surface area contributed by atoms with Crippen molar-refractivity contribution in [3.8, 4) is 11.3 Å². The molecule has 3 aromatic carbocycles. The first-order chi connectivity index (χ1) is 17.5. The molecule has 0 aliphatic rings. The zero-order chi connectivity index (χ0) is 25.1. The lowest BCUT2D eigenvalue weighted by molar-refractivity contribution is -0.118. The maximum atomic E-state index is 13.0. The molecule has 2 amide bonds. The van der Waals surface area contributed by atoms with Crippen LogP contribution in [0.15, 0.2) is 75.9 Å². The molecule has 1 atom stereocenters. The lowest BCUT2D eigenvalue weighted by Gasteiger charge is -2.17. The number of carbonyl (C=O) groups is 2. The van der Waals surface area contributed by atoms with Crippen molar-refractivity contribution in [3.63, 3.8) is 0 Å². The van der Waals surface area contributed by atoms with E-state index in [1.165, 1.54) is 0 Å². The molecule has 0 bridgehead atoms. The predicted molar refractivity (Wildman–Crippen MR) is 141 cm³/mol. The maximum Gasteiger partial charge on any atom is 0.417 e. The summed E-state index contributed by atoms with van der Waals surface area (Å²) in [5.74, 6) is -0.680. The van der Waals surface area contributed by atoms with Crippen molar-refractivity contribution in [1.82, 2.24) is 20.5 Å². The van der Waals surface area contributed by atoms with E-state index in [1.807, 2.05) is 48.7 Å². The first-order valence-corrected chi connectivity index (χ1v) is 12.7. The van der Waals surface area contributed by atoms with Gasteiger partial charge in [0.1, 0.15) is 11.7 Å². The van der Waals surface area contributed by atoms with Gasteiger partial charge in [0.25, 0.3) is 5.91 Å². The summed E-state index contributed by atoms with van der Waals surface area (Å²) in [5.41, 5.74) is 3.13. The number of aromatic amines is 2. The quantitative estimate of drug-likeness (QED) is 0.252. The van der Waals surface area contributed by atoms with Crippen LogP contribution in [0.4, 0.5) is 5.69 Å². The highest BCUT2D eigenvalue weighted by Gasteiger charge is 2.23. The summed E-state index contributed by atoms with van der Waals surface area (Å²) < 4.78 is 4.99. The Morgan fingerprint density at radius 2 is 1.89 bits per heavy atom. The fraction of sp³-hybridized carbons (Fsp3) is 0.154. The van der Waals surface area contributed by atoms with Gasteiger partial charge in [-0.25, -0.2) is 4.79 Å². The fourth-order valence-corrected chi connectivity index (χ4v) is 4.41. The van der Waals surface area contributed by atoms with Gasteiger partial charge in [0.05, 0.1) is 11.2 Å². The van der Waals surface area contributed by atoms with E-state index in [-0.39, 0.29) is 11.6 Å². The molecular formula is C26H23N5O4S. The number of H-pyrrole nitrogens is 2. The highest BCUT2D eigenvalue weighted by Crippen LogP contribution is 2.23. The van der Waals surface area contributed by atoms with Crippen LogP contribution >= 0.6 is 11.8 Å². The number of benzene rings is 3. The van der Waals surface area contributed by atoms with E-state index in [4.69, 9.17) is 4.42 Å². The number of hydrogen-bond donors (Lipinski definition) is 4. The maximum absolute atomic E-state index is 13.0. The summed E-state index contributed by atoms with van der Waals surface area (Å²) >= 11 is 1.58. The number of thioether (sulfide) groups is 1. The third-order valence-electron chi connectivity index (χ3n) is 5.79. The minimum atomic E-state index is -0.767. The van der Waals surface area contributed by atoms with Crippen LogP contribution in [-0.4, -0.2) is 45.0 Å². The average Bonchev–Trinajstić information content (AvgIpc) is 3.52. The topological polar surface area (TPSA) is 133 Å². The molecule has 2 aromatic heterocycles. The standard InChI is InChI=1S/C26H23N5O4S/c1-36-11-10-19(24(32)27-18-8-9-23-21(13-18)29-26(34)35-23)28-25(33)22-14-20(30-31-22)17-7-6-15-4-2-3-5-16(15)12-17/h2-9,12-14,19H,10-11H2,1H3,(H,27,32)(H,28,33)(H,29,34)(H,30,31). The van der Waals surface area contributed by atoms with Crippen molar-refractivity contribution >= 4 is 51.1 Å². The van der Waals surface area contributed by atoms with Crippen LogP contribution < -0.4 is 16.4 Å². The Kier molecular flexibility index (Phi) is 6.59. The number of carbonyl (C=O) groups excluding carboxylic acids is 2. The number of rotatable bonds is 8. The Morgan fingerprint density at radius 3 is 2.72 bits per heavy atom. The highest BCUT2D eigenvalue weighted by molar-refractivity contribution is 7.98. The molecule has 0 fully saturated rings. The monoisotopic (exact) mass is 501 g/mol. The third kappa shape index (κ3) is 5.03. The summed E-state index contributed by atoms with van der Waals surface area (Å²) in [5, 5.41) is 14.9. The molecule has 182 valence electrons. The van der Waals surface area contributed by atoms with Gasteiger partial charge in [0.15, 0.2) is 5.58 Å². The lowest BCUT2D eigenvalue weighted by atomic mass is 10.1.